The maximum absolute atomic E-state index is 12.6. The molecular weight excluding hydrogens is 312 g/mol. The van der Waals surface area contributed by atoms with Crippen LogP contribution in [0.3, 0.4) is 0 Å². The number of hydrogen-bond acceptors (Lipinski definition) is 7. The van der Waals surface area contributed by atoms with Gasteiger partial charge >= 0.3 is 0 Å². The Balaban J connectivity index is 1.48. The number of aromatic nitrogens is 5. The molecule has 3 aromatic rings. The fraction of sp³-hybridized carbons (Fsp3) is 0.400. The molecule has 4 rings (SSSR count). The highest BCUT2D eigenvalue weighted by Gasteiger charge is 2.29. The van der Waals surface area contributed by atoms with Gasteiger partial charge in [0.25, 0.3) is 0 Å². The molecule has 0 saturated carbocycles. The second-order valence-electron chi connectivity index (χ2n) is 5.64. The van der Waals surface area contributed by atoms with Crippen molar-refractivity contribution in [3.63, 3.8) is 0 Å². The Morgan fingerprint density at radius 1 is 1.38 bits per heavy atom. The normalized spacial score (nSPS) is 18.2. The Morgan fingerprint density at radius 2 is 2.25 bits per heavy atom. The number of morpholine rings is 1. The lowest BCUT2D eigenvalue weighted by molar-refractivity contribution is -0.138. The Morgan fingerprint density at radius 3 is 3.08 bits per heavy atom. The van der Waals surface area contributed by atoms with E-state index >= 15 is 0 Å². The summed E-state index contributed by atoms with van der Waals surface area (Å²) in [5.41, 5.74) is 1.33. The topological polar surface area (TPSA) is 99.2 Å². The molecule has 3 heterocycles. The van der Waals surface area contributed by atoms with E-state index in [4.69, 9.17) is 9.26 Å². The quantitative estimate of drug-likeness (QED) is 0.690. The van der Waals surface area contributed by atoms with Gasteiger partial charge in [0.2, 0.25) is 11.7 Å². The molecule has 1 atom stereocenters. The van der Waals surface area contributed by atoms with Crippen LogP contribution in [0, 0.1) is 0 Å². The summed E-state index contributed by atoms with van der Waals surface area (Å²) in [5, 5.41) is 16.8. The van der Waals surface area contributed by atoms with Gasteiger partial charge < -0.3 is 14.2 Å². The van der Waals surface area contributed by atoms with Crippen LogP contribution < -0.4 is 0 Å². The molecule has 124 valence electrons. The number of tetrazole rings is 1. The minimum absolute atomic E-state index is 0.0220. The van der Waals surface area contributed by atoms with E-state index in [0.29, 0.717) is 36.8 Å². The summed E-state index contributed by atoms with van der Waals surface area (Å²) in [5.74, 6) is 0.466. The highest BCUT2D eigenvalue weighted by molar-refractivity contribution is 5.86. The molecule has 0 bridgehead atoms. The van der Waals surface area contributed by atoms with Gasteiger partial charge in [-0.3, -0.25) is 4.79 Å². The van der Waals surface area contributed by atoms with Crippen molar-refractivity contribution >= 4 is 16.9 Å². The number of para-hydroxylation sites is 1. The van der Waals surface area contributed by atoms with Crippen LogP contribution >= 0.6 is 0 Å². The number of carbonyl (C=O) groups is 1. The molecular formula is C15H16N6O3. The van der Waals surface area contributed by atoms with Crippen molar-refractivity contribution in [3.8, 4) is 0 Å². The average Bonchev–Trinajstić information content (AvgIpc) is 3.22. The van der Waals surface area contributed by atoms with E-state index in [9.17, 15) is 4.79 Å². The van der Waals surface area contributed by atoms with Gasteiger partial charge in [-0.2, -0.15) is 4.80 Å². The van der Waals surface area contributed by atoms with Crippen LogP contribution in [0.4, 0.5) is 0 Å². The van der Waals surface area contributed by atoms with Gasteiger partial charge in [-0.05, 0) is 17.3 Å². The van der Waals surface area contributed by atoms with Crippen molar-refractivity contribution in [1.82, 2.24) is 30.3 Å². The van der Waals surface area contributed by atoms with E-state index in [1.165, 1.54) is 4.80 Å². The van der Waals surface area contributed by atoms with Gasteiger partial charge in [0.15, 0.2) is 5.58 Å². The van der Waals surface area contributed by atoms with Crippen molar-refractivity contribution in [2.75, 3.05) is 19.7 Å². The van der Waals surface area contributed by atoms with Crippen LogP contribution in [0.5, 0.6) is 0 Å². The standard InChI is InChI=1S/C15H16N6O3/c1-20-17-15(16-19-20)13-9-21(6-7-23-13)14(22)8-11-10-4-2-3-5-12(10)24-18-11/h2-5,13H,6-9H2,1H3. The van der Waals surface area contributed by atoms with E-state index in [1.54, 1.807) is 11.9 Å². The third-order valence-corrected chi connectivity index (χ3v) is 4.00. The first-order chi connectivity index (χ1) is 11.7. The smallest absolute Gasteiger partial charge is 0.228 e. The molecule has 1 saturated heterocycles. The van der Waals surface area contributed by atoms with Gasteiger partial charge in [0.05, 0.1) is 26.6 Å². The lowest BCUT2D eigenvalue weighted by Crippen LogP contribution is -2.43. The third kappa shape index (κ3) is 2.73. The van der Waals surface area contributed by atoms with Gasteiger partial charge in [-0.25, -0.2) is 0 Å². The van der Waals surface area contributed by atoms with Crippen LogP contribution in [0.1, 0.15) is 17.6 Å². The average molecular weight is 328 g/mol. The summed E-state index contributed by atoms with van der Waals surface area (Å²) < 4.78 is 10.9. The predicted molar refractivity (Wildman–Crippen MR) is 81.8 cm³/mol. The fourth-order valence-electron chi connectivity index (χ4n) is 2.78. The highest BCUT2D eigenvalue weighted by atomic mass is 16.5. The van der Waals surface area contributed by atoms with Crippen LogP contribution in [0.2, 0.25) is 0 Å². The summed E-state index contributed by atoms with van der Waals surface area (Å²) in [6, 6.07) is 7.51. The summed E-state index contributed by atoms with van der Waals surface area (Å²) in [7, 11) is 1.69. The Hall–Kier alpha value is -2.81. The summed E-state index contributed by atoms with van der Waals surface area (Å²) >= 11 is 0. The van der Waals surface area contributed by atoms with Crippen LogP contribution in [-0.4, -0.2) is 55.9 Å². The van der Waals surface area contributed by atoms with E-state index in [2.05, 4.69) is 20.6 Å². The Bertz CT molecular complexity index is 873. The van der Waals surface area contributed by atoms with E-state index in [0.717, 1.165) is 5.39 Å². The third-order valence-electron chi connectivity index (χ3n) is 4.00. The Labute approximate surface area is 137 Å². The van der Waals surface area contributed by atoms with Gasteiger partial charge in [-0.1, -0.05) is 17.3 Å². The van der Waals surface area contributed by atoms with E-state index < -0.39 is 0 Å². The largest absolute Gasteiger partial charge is 0.366 e. The van der Waals surface area contributed by atoms with Crippen LogP contribution in [0.25, 0.3) is 11.0 Å². The first kappa shape index (κ1) is 14.8. The molecule has 9 nitrogen and oxygen atoms in total. The maximum atomic E-state index is 12.6. The number of fused-ring (bicyclic) bond motifs is 1. The molecule has 0 radical (unpaired) electrons. The zero-order valence-electron chi connectivity index (χ0n) is 13.1. The minimum atomic E-state index is -0.356. The minimum Gasteiger partial charge on any atom is -0.366 e. The number of hydrogen-bond donors (Lipinski definition) is 0. The second-order valence-corrected chi connectivity index (χ2v) is 5.64. The van der Waals surface area contributed by atoms with Crippen molar-refractivity contribution in [2.24, 2.45) is 7.05 Å². The number of rotatable bonds is 3. The molecule has 0 spiro atoms. The lowest BCUT2D eigenvalue weighted by atomic mass is 10.1. The number of ether oxygens (including phenoxy) is 1. The fourth-order valence-corrected chi connectivity index (χ4v) is 2.78. The summed E-state index contributed by atoms with van der Waals surface area (Å²) in [4.78, 5) is 15.7. The molecule has 1 fully saturated rings. The number of benzene rings is 1. The summed E-state index contributed by atoms with van der Waals surface area (Å²) in [6.07, 6.45) is -0.164. The maximum Gasteiger partial charge on any atom is 0.228 e. The molecule has 0 aliphatic carbocycles. The first-order valence-electron chi connectivity index (χ1n) is 7.67. The van der Waals surface area contributed by atoms with Crippen molar-refractivity contribution in [1.29, 1.82) is 0 Å². The van der Waals surface area contributed by atoms with Crippen molar-refractivity contribution in [2.45, 2.75) is 12.5 Å². The number of aryl methyl sites for hydroxylation is 1. The van der Waals surface area contributed by atoms with Crippen LogP contribution in [0.15, 0.2) is 28.8 Å². The second kappa shape index (κ2) is 6.00. The van der Waals surface area contributed by atoms with Crippen molar-refractivity contribution < 1.29 is 14.1 Å². The summed E-state index contributed by atoms with van der Waals surface area (Å²) in [6.45, 7) is 1.37. The molecule has 1 aliphatic rings. The van der Waals surface area contributed by atoms with Gasteiger partial charge in [0.1, 0.15) is 11.8 Å². The van der Waals surface area contributed by atoms with Gasteiger partial charge in [-0.15, -0.1) is 10.2 Å². The van der Waals surface area contributed by atoms with Crippen molar-refractivity contribution in [3.05, 3.63) is 35.8 Å². The lowest BCUT2D eigenvalue weighted by Gasteiger charge is -2.31. The molecule has 24 heavy (non-hydrogen) atoms. The van der Waals surface area contributed by atoms with Gasteiger partial charge in [0, 0.05) is 11.9 Å². The zero-order chi connectivity index (χ0) is 16.5. The first-order valence-corrected chi connectivity index (χ1v) is 7.67. The molecule has 9 heteroatoms. The molecule has 1 unspecified atom stereocenters. The molecule has 2 aromatic heterocycles. The Kier molecular flexibility index (Phi) is 3.69. The van der Waals surface area contributed by atoms with Crippen LogP contribution in [-0.2, 0) is 23.0 Å². The molecule has 1 amide bonds. The highest BCUT2D eigenvalue weighted by Crippen LogP contribution is 2.21. The predicted octanol–water partition coefficient (Wildman–Crippen LogP) is 0.494. The number of amides is 1. The monoisotopic (exact) mass is 328 g/mol. The molecule has 0 N–H and O–H groups in total. The molecule has 1 aromatic carbocycles. The number of nitrogens with zero attached hydrogens (tertiary/aromatic N) is 6. The SMILES string of the molecule is Cn1nnc(C2CN(C(=O)Cc3noc4ccccc34)CCO2)n1. The van der Waals surface area contributed by atoms with E-state index in [-0.39, 0.29) is 18.4 Å². The zero-order valence-corrected chi connectivity index (χ0v) is 13.1. The number of carbonyl (C=O) groups excluding carboxylic acids is 1. The van der Waals surface area contributed by atoms with E-state index in [1.807, 2.05) is 24.3 Å². The molecule has 1 aliphatic heterocycles.